The molecule has 0 aliphatic carbocycles. The molecule has 1 aromatic carbocycles. The molecule has 0 aliphatic rings. The average Bonchev–Trinajstić information content (AvgIpc) is 2.32. The number of anilines is 1. The first-order chi connectivity index (χ1) is 8.19. The monoisotopic (exact) mass is 230 g/mol. The molecule has 0 saturated carbocycles. The van der Waals surface area contributed by atoms with Gasteiger partial charge in [-0.3, -0.25) is 4.79 Å². The van der Waals surface area contributed by atoms with Gasteiger partial charge in [0.15, 0.2) is 5.43 Å². The minimum atomic E-state index is 0.00972. The van der Waals surface area contributed by atoms with Crippen LogP contribution in [-0.2, 0) is 6.54 Å². The first-order valence-electron chi connectivity index (χ1n) is 5.27. The maximum absolute atomic E-state index is 11.0. The molecular weight excluding hydrogens is 216 g/mol. The lowest BCUT2D eigenvalue weighted by molar-refractivity contribution is 0.417. The van der Waals surface area contributed by atoms with Crippen molar-refractivity contribution in [3.63, 3.8) is 0 Å². The molecule has 0 spiro atoms. The summed E-state index contributed by atoms with van der Waals surface area (Å²) in [5.41, 5.74) is 7.51. The van der Waals surface area contributed by atoms with Gasteiger partial charge >= 0.3 is 0 Å². The van der Waals surface area contributed by atoms with Crippen LogP contribution >= 0.6 is 0 Å². The average molecular weight is 230 g/mol. The number of hydrogen-bond donors (Lipinski definition) is 1. The van der Waals surface area contributed by atoms with Crippen molar-refractivity contribution in [1.82, 2.24) is 4.57 Å². The summed E-state index contributed by atoms with van der Waals surface area (Å²) in [5.74, 6) is 0.675. The minimum absolute atomic E-state index is 0.00972. The van der Waals surface area contributed by atoms with E-state index < -0.39 is 0 Å². The van der Waals surface area contributed by atoms with Crippen LogP contribution in [0.2, 0.25) is 0 Å². The Bertz CT molecular complexity index is 555. The van der Waals surface area contributed by atoms with Gasteiger partial charge in [0.1, 0.15) is 5.75 Å². The number of aromatic nitrogens is 1. The highest BCUT2D eigenvalue weighted by atomic mass is 16.5. The fourth-order valence-electron chi connectivity index (χ4n) is 1.64. The molecule has 0 bridgehead atoms. The van der Waals surface area contributed by atoms with Crippen molar-refractivity contribution in [2.24, 2.45) is 0 Å². The van der Waals surface area contributed by atoms with Crippen LogP contribution in [0.5, 0.6) is 5.75 Å². The fraction of sp³-hybridized carbons (Fsp3) is 0.154. The molecule has 0 unspecified atom stereocenters. The molecule has 4 nitrogen and oxygen atoms in total. The maximum Gasteiger partial charge on any atom is 0.181 e. The van der Waals surface area contributed by atoms with Gasteiger partial charge in [-0.05, 0) is 17.7 Å². The van der Waals surface area contributed by atoms with E-state index in [0.717, 1.165) is 5.56 Å². The van der Waals surface area contributed by atoms with E-state index in [1.54, 1.807) is 19.5 Å². The molecule has 0 atom stereocenters. The first-order valence-corrected chi connectivity index (χ1v) is 5.27. The van der Waals surface area contributed by atoms with Gasteiger partial charge in [0.2, 0.25) is 0 Å². The number of methoxy groups -OCH3 is 1. The van der Waals surface area contributed by atoms with E-state index >= 15 is 0 Å². The lowest BCUT2D eigenvalue weighted by atomic mass is 10.2. The summed E-state index contributed by atoms with van der Waals surface area (Å²) in [6.07, 6.45) is 3.51. The van der Waals surface area contributed by atoms with Crippen molar-refractivity contribution in [3.05, 3.63) is 58.5 Å². The molecule has 17 heavy (non-hydrogen) atoms. The summed E-state index contributed by atoms with van der Waals surface area (Å²) in [4.78, 5) is 11.0. The molecule has 2 aromatic rings. The Labute approximate surface area is 99.3 Å². The van der Waals surface area contributed by atoms with Gasteiger partial charge in [0, 0.05) is 31.1 Å². The number of pyridine rings is 1. The SMILES string of the molecule is COc1ccc(Cn2ccc(=O)cc2)cc1N. The van der Waals surface area contributed by atoms with E-state index in [0.29, 0.717) is 18.0 Å². The maximum atomic E-state index is 11.0. The van der Waals surface area contributed by atoms with Crippen LogP contribution in [-0.4, -0.2) is 11.7 Å². The number of benzene rings is 1. The van der Waals surface area contributed by atoms with Crippen LogP contribution in [0.3, 0.4) is 0 Å². The Hall–Kier alpha value is -2.23. The van der Waals surface area contributed by atoms with Gasteiger partial charge in [0.05, 0.1) is 12.8 Å². The number of nitrogens with two attached hydrogens (primary N) is 1. The van der Waals surface area contributed by atoms with E-state index in [-0.39, 0.29) is 5.43 Å². The summed E-state index contributed by atoms with van der Waals surface area (Å²) < 4.78 is 7.01. The third-order valence-corrected chi connectivity index (χ3v) is 2.52. The Morgan fingerprint density at radius 1 is 1.24 bits per heavy atom. The topological polar surface area (TPSA) is 57.2 Å². The second-order valence-electron chi connectivity index (χ2n) is 3.78. The predicted molar refractivity (Wildman–Crippen MR) is 67.2 cm³/mol. The molecule has 0 amide bonds. The third-order valence-electron chi connectivity index (χ3n) is 2.52. The summed E-state index contributed by atoms with van der Waals surface area (Å²) >= 11 is 0. The molecule has 1 aromatic heterocycles. The predicted octanol–water partition coefficient (Wildman–Crippen LogP) is 1.49. The number of nitrogen functional groups attached to an aromatic ring is 1. The van der Waals surface area contributed by atoms with Crippen molar-refractivity contribution >= 4 is 5.69 Å². The Morgan fingerprint density at radius 3 is 2.53 bits per heavy atom. The van der Waals surface area contributed by atoms with Gasteiger partial charge in [-0.1, -0.05) is 6.07 Å². The summed E-state index contributed by atoms with van der Waals surface area (Å²) in [6.45, 7) is 0.675. The van der Waals surface area contributed by atoms with Crippen molar-refractivity contribution in [2.45, 2.75) is 6.54 Å². The molecule has 1 heterocycles. The number of ether oxygens (including phenoxy) is 1. The molecule has 2 N–H and O–H groups in total. The largest absolute Gasteiger partial charge is 0.495 e. The van der Waals surface area contributed by atoms with Crippen molar-refractivity contribution in [1.29, 1.82) is 0 Å². The van der Waals surface area contributed by atoms with Gasteiger partial charge in [-0.15, -0.1) is 0 Å². The number of hydrogen-bond acceptors (Lipinski definition) is 3. The number of rotatable bonds is 3. The minimum Gasteiger partial charge on any atom is -0.495 e. The van der Waals surface area contributed by atoms with Gasteiger partial charge in [-0.25, -0.2) is 0 Å². The molecule has 4 heteroatoms. The van der Waals surface area contributed by atoms with Crippen molar-refractivity contribution in [3.8, 4) is 5.75 Å². The Morgan fingerprint density at radius 2 is 1.94 bits per heavy atom. The van der Waals surface area contributed by atoms with E-state index in [1.807, 2.05) is 22.8 Å². The van der Waals surface area contributed by atoms with Crippen LogP contribution in [0.25, 0.3) is 0 Å². The van der Waals surface area contributed by atoms with Gasteiger partial charge in [0.25, 0.3) is 0 Å². The molecule has 0 aliphatic heterocycles. The standard InChI is InChI=1S/C13H14N2O2/c1-17-13-3-2-10(8-12(13)14)9-15-6-4-11(16)5-7-15/h2-8H,9,14H2,1H3. The molecule has 88 valence electrons. The molecule has 0 fully saturated rings. The quantitative estimate of drug-likeness (QED) is 0.813. The smallest absolute Gasteiger partial charge is 0.181 e. The molecule has 2 rings (SSSR count). The molecule has 0 radical (unpaired) electrons. The summed E-state index contributed by atoms with van der Waals surface area (Å²) in [5, 5.41) is 0. The van der Waals surface area contributed by atoms with Crippen LogP contribution in [0.15, 0.2) is 47.5 Å². The lowest BCUT2D eigenvalue weighted by Crippen LogP contribution is -2.05. The van der Waals surface area contributed by atoms with Crippen LogP contribution in [0, 0.1) is 0 Å². The Balaban J connectivity index is 2.21. The van der Waals surface area contributed by atoms with Crippen molar-refractivity contribution in [2.75, 3.05) is 12.8 Å². The normalized spacial score (nSPS) is 10.2. The highest BCUT2D eigenvalue weighted by Gasteiger charge is 2.00. The zero-order chi connectivity index (χ0) is 12.3. The number of nitrogens with zero attached hydrogens (tertiary/aromatic N) is 1. The zero-order valence-electron chi connectivity index (χ0n) is 9.59. The summed E-state index contributed by atoms with van der Waals surface area (Å²) in [6, 6.07) is 8.73. The highest BCUT2D eigenvalue weighted by molar-refractivity contribution is 5.54. The second kappa shape index (κ2) is 4.74. The Kier molecular flexibility index (Phi) is 3.14. The lowest BCUT2D eigenvalue weighted by Gasteiger charge is -2.09. The highest BCUT2D eigenvalue weighted by Crippen LogP contribution is 2.22. The van der Waals surface area contributed by atoms with E-state index in [9.17, 15) is 4.79 Å². The van der Waals surface area contributed by atoms with E-state index in [1.165, 1.54) is 12.1 Å². The van der Waals surface area contributed by atoms with Gasteiger partial charge in [-0.2, -0.15) is 0 Å². The van der Waals surface area contributed by atoms with Crippen molar-refractivity contribution < 1.29 is 4.74 Å². The van der Waals surface area contributed by atoms with Crippen LogP contribution in [0.4, 0.5) is 5.69 Å². The molecular formula is C13H14N2O2. The third kappa shape index (κ3) is 2.66. The fourth-order valence-corrected chi connectivity index (χ4v) is 1.64. The summed E-state index contributed by atoms with van der Waals surface area (Å²) in [7, 11) is 1.59. The van der Waals surface area contributed by atoms with E-state index in [2.05, 4.69) is 0 Å². The second-order valence-corrected chi connectivity index (χ2v) is 3.78. The molecule has 0 saturated heterocycles. The van der Waals surface area contributed by atoms with Gasteiger partial charge < -0.3 is 15.0 Å². The van der Waals surface area contributed by atoms with Crippen LogP contribution in [0.1, 0.15) is 5.56 Å². The van der Waals surface area contributed by atoms with E-state index in [4.69, 9.17) is 10.5 Å². The first kappa shape index (κ1) is 11.3. The zero-order valence-corrected chi connectivity index (χ0v) is 9.59. The van der Waals surface area contributed by atoms with Crippen LogP contribution < -0.4 is 15.9 Å².